The quantitative estimate of drug-likeness (QED) is 0.888. The van der Waals surface area contributed by atoms with Gasteiger partial charge in [0.25, 0.3) is 5.91 Å². The molecule has 1 aliphatic carbocycles. The minimum Gasteiger partial charge on any atom is -0.481 e. The summed E-state index contributed by atoms with van der Waals surface area (Å²) in [6.07, 6.45) is 4.62. The standard InChI is InChI=1S/C13H15ClN2O3/c14-9-3-6-15-10(7-9)12(19)16-13(8-11(17)18)4-1-2-5-13/h3,6-7H,1-2,4-5,8H2,(H,16,19)(H,17,18). The van der Waals surface area contributed by atoms with Crippen molar-refractivity contribution in [3.63, 3.8) is 0 Å². The number of nitrogens with zero attached hydrogens (tertiary/aromatic N) is 1. The summed E-state index contributed by atoms with van der Waals surface area (Å²) < 4.78 is 0. The molecule has 0 aromatic carbocycles. The van der Waals surface area contributed by atoms with Gasteiger partial charge in [0.05, 0.1) is 12.0 Å². The second-order valence-corrected chi connectivity index (χ2v) is 5.31. The molecule has 0 saturated heterocycles. The predicted molar refractivity (Wildman–Crippen MR) is 70.2 cm³/mol. The van der Waals surface area contributed by atoms with Crippen LogP contribution in [0.2, 0.25) is 5.02 Å². The Morgan fingerprint density at radius 3 is 2.68 bits per heavy atom. The van der Waals surface area contributed by atoms with E-state index >= 15 is 0 Å². The predicted octanol–water partition coefficient (Wildman–Crippen LogP) is 2.25. The maximum Gasteiger partial charge on any atom is 0.305 e. The van der Waals surface area contributed by atoms with E-state index < -0.39 is 11.5 Å². The summed E-state index contributed by atoms with van der Waals surface area (Å²) in [5, 5.41) is 12.2. The Hall–Kier alpha value is -1.62. The number of halogens is 1. The largest absolute Gasteiger partial charge is 0.481 e. The Morgan fingerprint density at radius 2 is 2.11 bits per heavy atom. The van der Waals surface area contributed by atoms with Crippen molar-refractivity contribution in [2.75, 3.05) is 0 Å². The highest BCUT2D eigenvalue weighted by Crippen LogP contribution is 2.32. The molecule has 0 bridgehead atoms. The molecule has 0 spiro atoms. The van der Waals surface area contributed by atoms with Crippen molar-refractivity contribution in [1.29, 1.82) is 0 Å². The maximum absolute atomic E-state index is 12.1. The molecule has 1 saturated carbocycles. The molecule has 1 aliphatic rings. The lowest BCUT2D eigenvalue weighted by molar-refractivity contribution is -0.138. The highest BCUT2D eigenvalue weighted by molar-refractivity contribution is 6.30. The van der Waals surface area contributed by atoms with Crippen molar-refractivity contribution in [3.05, 3.63) is 29.0 Å². The molecule has 0 unspecified atom stereocenters. The second kappa shape index (κ2) is 5.57. The van der Waals surface area contributed by atoms with Crippen LogP contribution in [0.4, 0.5) is 0 Å². The molecule has 19 heavy (non-hydrogen) atoms. The van der Waals surface area contributed by atoms with Crippen molar-refractivity contribution in [1.82, 2.24) is 10.3 Å². The normalized spacial score (nSPS) is 17.1. The third-order valence-electron chi connectivity index (χ3n) is 3.38. The van der Waals surface area contributed by atoms with Crippen LogP contribution in [0.5, 0.6) is 0 Å². The van der Waals surface area contributed by atoms with Crippen LogP contribution in [-0.2, 0) is 4.79 Å². The first-order valence-electron chi connectivity index (χ1n) is 6.17. The number of amides is 1. The van der Waals surface area contributed by atoms with E-state index in [-0.39, 0.29) is 18.0 Å². The van der Waals surface area contributed by atoms with Crippen LogP contribution in [0.3, 0.4) is 0 Å². The molecule has 1 amide bonds. The van der Waals surface area contributed by atoms with Gasteiger partial charge < -0.3 is 10.4 Å². The number of pyridine rings is 1. The topological polar surface area (TPSA) is 79.3 Å². The van der Waals surface area contributed by atoms with Gasteiger partial charge in [-0.25, -0.2) is 0 Å². The Kier molecular flexibility index (Phi) is 4.04. The van der Waals surface area contributed by atoms with Crippen LogP contribution in [0.25, 0.3) is 0 Å². The second-order valence-electron chi connectivity index (χ2n) is 4.87. The van der Waals surface area contributed by atoms with Gasteiger partial charge in [0.15, 0.2) is 0 Å². The number of nitrogens with one attached hydrogen (secondary N) is 1. The van der Waals surface area contributed by atoms with Crippen LogP contribution in [0, 0.1) is 0 Å². The fourth-order valence-corrected chi connectivity index (χ4v) is 2.68. The zero-order valence-corrected chi connectivity index (χ0v) is 11.1. The van der Waals surface area contributed by atoms with Gasteiger partial charge in [0.1, 0.15) is 5.69 Å². The zero-order chi connectivity index (χ0) is 13.9. The van der Waals surface area contributed by atoms with Crippen molar-refractivity contribution in [2.45, 2.75) is 37.6 Å². The Balaban J connectivity index is 2.13. The third-order valence-corrected chi connectivity index (χ3v) is 3.62. The van der Waals surface area contributed by atoms with Crippen LogP contribution < -0.4 is 5.32 Å². The van der Waals surface area contributed by atoms with E-state index in [0.717, 1.165) is 12.8 Å². The molecule has 0 atom stereocenters. The van der Waals surface area contributed by atoms with Crippen molar-refractivity contribution < 1.29 is 14.7 Å². The summed E-state index contributed by atoms with van der Waals surface area (Å²) in [6, 6.07) is 3.06. The SMILES string of the molecule is O=C(O)CC1(NC(=O)c2cc(Cl)ccn2)CCCC1. The molecule has 6 heteroatoms. The Labute approximate surface area is 116 Å². The molecule has 1 aromatic heterocycles. The lowest BCUT2D eigenvalue weighted by atomic mass is 9.93. The number of hydrogen-bond acceptors (Lipinski definition) is 3. The van der Waals surface area contributed by atoms with Gasteiger partial charge in [-0.05, 0) is 25.0 Å². The molecule has 1 aromatic rings. The summed E-state index contributed by atoms with van der Waals surface area (Å²) in [4.78, 5) is 27.0. The van der Waals surface area contributed by atoms with Gasteiger partial charge in [0.2, 0.25) is 0 Å². The molecular weight excluding hydrogens is 268 g/mol. The summed E-state index contributed by atoms with van der Waals surface area (Å²) in [7, 11) is 0. The molecule has 1 fully saturated rings. The lowest BCUT2D eigenvalue weighted by Crippen LogP contribution is -2.48. The number of carboxylic acids is 1. The van der Waals surface area contributed by atoms with Crippen molar-refractivity contribution in [3.8, 4) is 0 Å². The van der Waals surface area contributed by atoms with E-state index in [1.807, 2.05) is 0 Å². The summed E-state index contributed by atoms with van der Waals surface area (Å²) >= 11 is 5.81. The first-order valence-corrected chi connectivity index (χ1v) is 6.54. The van der Waals surface area contributed by atoms with E-state index in [2.05, 4.69) is 10.3 Å². The van der Waals surface area contributed by atoms with Crippen molar-refractivity contribution in [2.24, 2.45) is 0 Å². The first kappa shape index (κ1) is 13.8. The number of aromatic nitrogens is 1. The number of hydrogen-bond donors (Lipinski definition) is 2. The molecule has 2 rings (SSSR count). The molecule has 1 heterocycles. The fourth-order valence-electron chi connectivity index (χ4n) is 2.52. The zero-order valence-electron chi connectivity index (χ0n) is 10.4. The fraction of sp³-hybridized carbons (Fsp3) is 0.462. The molecule has 102 valence electrons. The monoisotopic (exact) mass is 282 g/mol. The van der Waals surface area contributed by atoms with E-state index in [1.165, 1.54) is 12.3 Å². The highest BCUT2D eigenvalue weighted by atomic mass is 35.5. The number of carboxylic acid groups (broad SMARTS) is 1. The van der Waals surface area contributed by atoms with E-state index in [1.54, 1.807) is 6.07 Å². The molecule has 5 nitrogen and oxygen atoms in total. The molecule has 2 N–H and O–H groups in total. The Morgan fingerprint density at radius 1 is 1.42 bits per heavy atom. The van der Waals surface area contributed by atoms with Crippen LogP contribution >= 0.6 is 11.6 Å². The molecular formula is C13H15ClN2O3. The summed E-state index contributed by atoms with van der Waals surface area (Å²) in [5.41, 5.74) is -0.434. The minimum absolute atomic E-state index is 0.0562. The number of rotatable bonds is 4. The van der Waals surface area contributed by atoms with Crippen LogP contribution in [-0.4, -0.2) is 27.5 Å². The minimum atomic E-state index is -0.902. The average molecular weight is 283 g/mol. The van der Waals surface area contributed by atoms with E-state index in [9.17, 15) is 9.59 Å². The maximum atomic E-state index is 12.1. The molecule has 0 aliphatic heterocycles. The number of aliphatic carboxylic acids is 1. The number of carbonyl (C=O) groups is 2. The smallest absolute Gasteiger partial charge is 0.305 e. The van der Waals surface area contributed by atoms with Gasteiger partial charge in [-0.2, -0.15) is 0 Å². The van der Waals surface area contributed by atoms with Crippen molar-refractivity contribution >= 4 is 23.5 Å². The van der Waals surface area contributed by atoms with Crippen LogP contribution in [0.1, 0.15) is 42.6 Å². The van der Waals surface area contributed by atoms with E-state index in [0.29, 0.717) is 17.9 Å². The Bertz CT molecular complexity index is 498. The number of carbonyl (C=O) groups excluding carboxylic acids is 1. The lowest BCUT2D eigenvalue weighted by Gasteiger charge is -2.28. The highest BCUT2D eigenvalue weighted by Gasteiger charge is 2.37. The van der Waals surface area contributed by atoms with Gasteiger partial charge in [-0.3, -0.25) is 14.6 Å². The average Bonchev–Trinajstić information content (AvgIpc) is 2.76. The van der Waals surface area contributed by atoms with Gasteiger partial charge in [-0.15, -0.1) is 0 Å². The first-order chi connectivity index (χ1) is 9.01. The summed E-state index contributed by atoms with van der Waals surface area (Å²) in [6.45, 7) is 0. The third kappa shape index (κ3) is 3.44. The molecule has 0 radical (unpaired) electrons. The van der Waals surface area contributed by atoms with E-state index in [4.69, 9.17) is 16.7 Å². The van der Waals surface area contributed by atoms with Gasteiger partial charge >= 0.3 is 5.97 Å². The van der Waals surface area contributed by atoms with Gasteiger partial charge in [0, 0.05) is 11.2 Å². The van der Waals surface area contributed by atoms with Gasteiger partial charge in [-0.1, -0.05) is 24.4 Å². The summed E-state index contributed by atoms with van der Waals surface area (Å²) in [5.74, 6) is -1.27. The van der Waals surface area contributed by atoms with Crippen LogP contribution in [0.15, 0.2) is 18.3 Å².